The summed E-state index contributed by atoms with van der Waals surface area (Å²) in [6, 6.07) is 4.79. The van der Waals surface area contributed by atoms with Crippen molar-refractivity contribution in [3.8, 4) is 0 Å². The molecule has 8 heteroatoms. The van der Waals surface area contributed by atoms with E-state index < -0.39 is 22.8 Å². The van der Waals surface area contributed by atoms with Gasteiger partial charge in [0.05, 0.1) is 35.2 Å². The van der Waals surface area contributed by atoms with Crippen LogP contribution >= 0.6 is 0 Å². The Morgan fingerprint density at radius 1 is 0.970 bits per heavy atom. The summed E-state index contributed by atoms with van der Waals surface area (Å²) >= 11 is 0. The summed E-state index contributed by atoms with van der Waals surface area (Å²) in [5.41, 5.74) is 2.75. The predicted octanol–water partition coefficient (Wildman–Crippen LogP) is 5.17. The van der Waals surface area contributed by atoms with Gasteiger partial charge in [-0.1, -0.05) is 38.8 Å². The van der Waals surface area contributed by atoms with E-state index in [1.54, 1.807) is 44.9 Å². The minimum atomic E-state index is -0.830. The van der Waals surface area contributed by atoms with Crippen molar-refractivity contribution in [3.05, 3.63) is 62.0 Å². The fourth-order valence-corrected chi connectivity index (χ4v) is 3.82. The quantitative estimate of drug-likeness (QED) is 0.206. The fourth-order valence-electron chi connectivity index (χ4n) is 3.82. The summed E-state index contributed by atoms with van der Waals surface area (Å²) in [7, 11) is 1.77. The van der Waals surface area contributed by atoms with E-state index in [-0.39, 0.29) is 18.9 Å². The monoisotopic (exact) mass is 458 g/mol. The molecule has 0 aromatic heterocycles. The molecule has 1 aliphatic rings. The molecule has 1 aromatic carbocycles. The molecule has 0 fully saturated rings. The second-order valence-corrected chi connectivity index (χ2v) is 8.27. The van der Waals surface area contributed by atoms with Gasteiger partial charge in [-0.25, -0.2) is 9.59 Å². The zero-order valence-electron chi connectivity index (χ0n) is 20.4. The van der Waals surface area contributed by atoms with E-state index in [9.17, 15) is 19.7 Å². The van der Waals surface area contributed by atoms with E-state index in [0.29, 0.717) is 33.7 Å². The summed E-state index contributed by atoms with van der Waals surface area (Å²) in [5.74, 6) is -1.90. The van der Waals surface area contributed by atoms with Gasteiger partial charge in [-0.15, -0.1) is 0 Å². The van der Waals surface area contributed by atoms with Crippen LogP contribution in [0, 0.1) is 17.0 Å². The summed E-state index contributed by atoms with van der Waals surface area (Å²) in [6.45, 7) is 9.74. The fraction of sp³-hybridized carbons (Fsp3) is 0.520. The number of rotatable bonds is 10. The smallest absolute Gasteiger partial charge is 0.336 e. The lowest BCUT2D eigenvalue weighted by Crippen LogP contribution is -2.33. The van der Waals surface area contributed by atoms with E-state index in [2.05, 4.69) is 0 Å². The molecule has 0 saturated heterocycles. The van der Waals surface area contributed by atoms with Gasteiger partial charge in [0.15, 0.2) is 0 Å². The summed E-state index contributed by atoms with van der Waals surface area (Å²) in [6.07, 6.45) is 3.17. The summed E-state index contributed by atoms with van der Waals surface area (Å²) < 4.78 is 11.0. The number of benzene rings is 1. The average molecular weight is 459 g/mol. The maximum absolute atomic E-state index is 13.2. The van der Waals surface area contributed by atoms with E-state index >= 15 is 0 Å². The van der Waals surface area contributed by atoms with Crippen LogP contribution in [0.1, 0.15) is 70.4 Å². The Hall–Kier alpha value is -3.16. The predicted molar refractivity (Wildman–Crippen MR) is 125 cm³/mol. The molecule has 8 nitrogen and oxygen atoms in total. The highest BCUT2D eigenvalue weighted by atomic mass is 16.6. The van der Waals surface area contributed by atoms with Crippen LogP contribution in [0.3, 0.4) is 0 Å². The van der Waals surface area contributed by atoms with E-state index in [4.69, 9.17) is 9.47 Å². The molecule has 1 aromatic rings. The maximum atomic E-state index is 13.2. The first kappa shape index (κ1) is 26.1. The number of ether oxygens (including phenoxy) is 2. The van der Waals surface area contributed by atoms with Crippen molar-refractivity contribution in [1.29, 1.82) is 0 Å². The molecule has 0 aliphatic carbocycles. The Balaban J connectivity index is 2.66. The van der Waals surface area contributed by atoms with Crippen molar-refractivity contribution in [2.75, 3.05) is 20.3 Å². The molecule has 0 atom stereocenters. The third-order valence-corrected chi connectivity index (χ3v) is 6.03. The van der Waals surface area contributed by atoms with E-state index in [1.807, 2.05) is 13.8 Å². The van der Waals surface area contributed by atoms with Gasteiger partial charge in [-0.3, -0.25) is 10.1 Å². The average Bonchev–Trinajstić information content (AvgIpc) is 2.77. The lowest BCUT2D eigenvalue weighted by atomic mass is 9.79. The number of nitro benzene ring substituents is 1. The van der Waals surface area contributed by atoms with Crippen molar-refractivity contribution in [2.45, 2.75) is 66.2 Å². The largest absolute Gasteiger partial charge is 0.462 e. The van der Waals surface area contributed by atoms with Crippen LogP contribution in [0.2, 0.25) is 0 Å². The normalized spacial score (nSPS) is 14.5. The number of aryl methyl sites for hydroxylation is 1. The van der Waals surface area contributed by atoms with Crippen LogP contribution in [0.15, 0.2) is 40.7 Å². The third-order valence-electron chi connectivity index (χ3n) is 6.03. The van der Waals surface area contributed by atoms with Crippen molar-refractivity contribution in [3.63, 3.8) is 0 Å². The molecule has 180 valence electrons. The van der Waals surface area contributed by atoms with Crippen molar-refractivity contribution in [2.24, 2.45) is 0 Å². The highest BCUT2D eigenvalue weighted by Gasteiger charge is 2.40. The number of esters is 2. The molecular weight excluding hydrogens is 424 g/mol. The van der Waals surface area contributed by atoms with Gasteiger partial charge in [0, 0.05) is 30.1 Å². The second-order valence-electron chi connectivity index (χ2n) is 8.27. The maximum Gasteiger partial charge on any atom is 0.336 e. The van der Waals surface area contributed by atoms with Crippen LogP contribution in [-0.4, -0.2) is 42.0 Å². The van der Waals surface area contributed by atoms with Gasteiger partial charge in [-0.05, 0) is 39.2 Å². The minimum absolute atomic E-state index is 0.0702. The molecule has 0 unspecified atom stereocenters. The number of carbonyl (C=O) groups is 2. The SMILES string of the molecule is CCCCOC(=O)C1=C(C)N(C)C(C)=C(C(=O)OCCCC)C1c1ccc(C)c([N+](=O)[O-])c1. The summed E-state index contributed by atoms with van der Waals surface area (Å²) in [4.78, 5) is 39.4. The number of hydrogen-bond donors (Lipinski definition) is 0. The molecule has 0 amide bonds. The van der Waals surface area contributed by atoms with Crippen LogP contribution in [-0.2, 0) is 19.1 Å². The van der Waals surface area contributed by atoms with Gasteiger partial charge < -0.3 is 14.4 Å². The Morgan fingerprint density at radius 3 is 1.88 bits per heavy atom. The zero-order valence-corrected chi connectivity index (χ0v) is 20.4. The van der Waals surface area contributed by atoms with Crippen molar-refractivity contribution in [1.82, 2.24) is 4.90 Å². The van der Waals surface area contributed by atoms with E-state index in [0.717, 1.165) is 25.7 Å². The van der Waals surface area contributed by atoms with Gasteiger partial charge in [0.1, 0.15) is 0 Å². The van der Waals surface area contributed by atoms with Gasteiger partial charge >= 0.3 is 11.9 Å². The molecule has 1 heterocycles. The lowest BCUT2D eigenvalue weighted by molar-refractivity contribution is -0.385. The molecule has 0 saturated carbocycles. The van der Waals surface area contributed by atoms with Crippen molar-refractivity contribution < 1.29 is 24.0 Å². The molecule has 1 aliphatic heterocycles. The highest BCUT2D eigenvalue weighted by Crippen LogP contribution is 2.43. The van der Waals surface area contributed by atoms with Crippen LogP contribution in [0.5, 0.6) is 0 Å². The van der Waals surface area contributed by atoms with Crippen LogP contribution in [0.25, 0.3) is 0 Å². The van der Waals surface area contributed by atoms with Crippen LogP contribution < -0.4 is 0 Å². The highest BCUT2D eigenvalue weighted by molar-refractivity contribution is 6.00. The van der Waals surface area contributed by atoms with Gasteiger partial charge in [0.25, 0.3) is 5.69 Å². The number of allylic oxidation sites excluding steroid dienone is 2. The third kappa shape index (κ3) is 5.80. The zero-order chi connectivity index (χ0) is 24.7. The Labute approximate surface area is 195 Å². The second kappa shape index (κ2) is 11.6. The molecular formula is C25H34N2O6. The molecule has 33 heavy (non-hydrogen) atoms. The van der Waals surface area contributed by atoms with Crippen molar-refractivity contribution >= 4 is 17.6 Å². The molecule has 2 rings (SSSR count). The Bertz CT molecular complexity index is 933. The van der Waals surface area contributed by atoms with E-state index in [1.165, 1.54) is 6.07 Å². The Kier molecular flexibility index (Phi) is 9.20. The van der Waals surface area contributed by atoms with Crippen LogP contribution in [0.4, 0.5) is 5.69 Å². The van der Waals surface area contributed by atoms with Gasteiger partial charge in [0.2, 0.25) is 0 Å². The summed E-state index contributed by atoms with van der Waals surface area (Å²) in [5, 5.41) is 11.6. The number of unbranched alkanes of at least 4 members (excludes halogenated alkanes) is 2. The molecule has 0 N–H and O–H groups in total. The van der Waals surface area contributed by atoms with Gasteiger partial charge in [-0.2, -0.15) is 0 Å². The first-order valence-electron chi connectivity index (χ1n) is 11.4. The molecule has 0 radical (unpaired) electrons. The molecule has 0 bridgehead atoms. The standard InChI is InChI=1S/C25H34N2O6/c1-7-9-13-32-24(28)21-17(4)26(6)18(5)22(25(29)33-14-10-8-2)23(21)19-12-11-16(3)20(15-19)27(30)31/h11-12,15,23H,7-10,13-14H2,1-6H3. The first-order valence-corrected chi connectivity index (χ1v) is 11.4. The Morgan fingerprint density at radius 2 is 1.45 bits per heavy atom. The number of nitrogens with zero attached hydrogens (tertiary/aromatic N) is 2. The topological polar surface area (TPSA) is 99.0 Å². The first-order chi connectivity index (χ1) is 15.6. The number of carbonyl (C=O) groups excluding carboxylic acids is 2. The molecule has 0 spiro atoms. The lowest BCUT2D eigenvalue weighted by Gasteiger charge is -2.35. The number of nitro groups is 1. The number of hydrogen-bond acceptors (Lipinski definition) is 7. The minimum Gasteiger partial charge on any atom is -0.462 e.